The molecule has 1 aromatic carbocycles. The molecule has 3 heterocycles. The number of anilines is 1. The molecule has 0 aliphatic carbocycles. The third-order valence-corrected chi connectivity index (χ3v) is 8.23. The van der Waals surface area contributed by atoms with Gasteiger partial charge in [0.1, 0.15) is 17.2 Å². The number of halogens is 1. The first-order valence-corrected chi connectivity index (χ1v) is 14.4. The summed E-state index contributed by atoms with van der Waals surface area (Å²) in [5.74, 6) is -0.306. The maximum Gasteiger partial charge on any atom is 0.408 e. The monoisotopic (exact) mass is 562 g/mol. The number of ether oxygens (including phenoxy) is 2. The summed E-state index contributed by atoms with van der Waals surface area (Å²) in [6.45, 7) is 14.3. The number of carbonyl (C=O) groups excluding carboxylic acids is 3. The highest BCUT2D eigenvalue weighted by atomic mass is 35.5. The van der Waals surface area contributed by atoms with Crippen LogP contribution in [0.2, 0.25) is 5.02 Å². The van der Waals surface area contributed by atoms with Crippen molar-refractivity contribution in [1.29, 1.82) is 0 Å². The molecule has 39 heavy (non-hydrogen) atoms. The molecule has 3 saturated heterocycles. The number of hydrogen-bond acceptors (Lipinski definition) is 7. The Bertz CT molecular complexity index is 1060. The minimum Gasteiger partial charge on any atom is -0.462 e. The number of piperazine rings is 1. The van der Waals surface area contributed by atoms with E-state index < -0.39 is 22.6 Å². The summed E-state index contributed by atoms with van der Waals surface area (Å²) in [6.07, 6.45) is 1.97. The standard InChI is InChI=1S/C29H43ClN4O5/c1-27(2,3)39-26(37)31-28(4,5)24(35)34-13-10-29(11-14-34)20-23(38-25(29)36)9-12-32-15-17-33(18-16-32)22-8-6-7-21(30)19-22/h6-8,19,23H,9-18,20H2,1-5H3,(H,31,37)/t23-/m0/s1. The molecule has 10 heteroatoms. The second-order valence-corrected chi connectivity index (χ2v) is 13.1. The minimum absolute atomic E-state index is 0.0870. The lowest BCUT2D eigenvalue weighted by Gasteiger charge is -2.40. The van der Waals surface area contributed by atoms with Gasteiger partial charge in [-0.3, -0.25) is 14.5 Å². The van der Waals surface area contributed by atoms with Crippen LogP contribution in [-0.4, -0.2) is 90.8 Å². The summed E-state index contributed by atoms with van der Waals surface area (Å²) < 4.78 is 11.2. The third-order valence-electron chi connectivity index (χ3n) is 7.99. The predicted molar refractivity (Wildman–Crippen MR) is 151 cm³/mol. The maximum atomic E-state index is 13.2. The molecule has 3 aliphatic rings. The van der Waals surface area contributed by atoms with Gasteiger partial charge in [0.25, 0.3) is 0 Å². The van der Waals surface area contributed by atoms with Gasteiger partial charge in [-0.05, 0) is 72.1 Å². The summed E-state index contributed by atoms with van der Waals surface area (Å²) in [7, 11) is 0. The number of piperidine rings is 1. The maximum absolute atomic E-state index is 13.2. The summed E-state index contributed by atoms with van der Waals surface area (Å²) in [6, 6.07) is 7.97. The van der Waals surface area contributed by atoms with Crippen LogP contribution in [0.3, 0.4) is 0 Å². The fraction of sp³-hybridized carbons (Fsp3) is 0.690. The van der Waals surface area contributed by atoms with Gasteiger partial charge >= 0.3 is 12.1 Å². The van der Waals surface area contributed by atoms with E-state index in [1.54, 1.807) is 39.5 Å². The summed E-state index contributed by atoms with van der Waals surface area (Å²) in [5.41, 5.74) is -1.12. The van der Waals surface area contributed by atoms with Crippen molar-refractivity contribution in [3.05, 3.63) is 29.3 Å². The van der Waals surface area contributed by atoms with Crippen LogP contribution < -0.4 is 10.2 Å². The van der Waals surface area contributed by atoms with Crippen molar-refractivity contribution in [2.45, 2.75) is 77.5 Å². The highest BCUT2D eigenvalue weighted by Crippen LogP contribution is 2.44. The normalized spacial score (nSPS) is 22.1. The first kappa shape index (κ1) is 29.5. The number of nitrogens with zero attached hydrogens (tertiary/aromatic N) is 3. The van der Waals surface area contributed by atoms with Crippen molar-refractivity contribution in [3.8, 4) is 0 Å². The van der Waals surface area contributed by atoms with Gasteiger partial charge in [-0.2, -0.15) is 0 Å². The molecule has 1 N–H and O–H groups in total. The number of cyclic esters (lactones) is 1. The van der Waals surface area contributed by atoms with E-state index in [4.69, 9.17) is 21.1 Å². The molecule has 4 rings (SSSR count). The number of alkyl carbamates (subject to hydrolysis) is 1. The second-order valence-electron chi connectivity index (χ2n) is 12.7. The molecule has 0 saturated carbocycles. The fourth-order valence-corrected chi connectivity index (χ4v) is 5.97. The number of carbonyl (C=O) groups is 3. The van der Waals surface area contributed by atoms with Crippen molar-refractivity contribution in [2.75, 3.05) is 50.7 Å². The van der Waals surface area contributed by atoms with E-state index in [0.29, 0.717) is 32.4 Å². The first-order chi connectivity index (χ1) is 18.3. The van der Waals surface area contributed by atoms with Crippen LogP contribution in [0.25, 0.3) is 0 Å². The number of rotatable bonds is 6. The summed E-state index contributed by atoms with van der Waals surface area (Å²) in [5, 5.41) is 3.44. The molecular formula is C29H43ClN4O5. The van der Waals surface area contributed by atoms with Crippen molar-refractivity contribution in [2.24, 2.45) is 5.41 Å². The lowest BCUT2D eigenvalue weighted by molar-refractivity contribution is -0.153. The van der Waals surface area contributed by atoms with Crippen LogP contribution in [0.15, 0.2) is 24.3 Å². The summed E-state index contributed by atoms with van der Waals surface area (Å²) in [4.78, 5) is 44.9. The molecule has 0 aromatic heterocycles. The predicted octanol–water partition coefficient (Wildman–Crippen LogP) is 4.08. The zero-order valence-electron chi connectivity index (χ0n) is 23.9. The van der Waals surface area contributed by atoms with Crippen LogP contribution in [0.4, 0.5) is 10.5 Å². The molecule has 2 amide bonds. The largest absolute Gasteiger partial charge is 0.462 e. The van der Waals surface area contributed by atoms with E-state index in [0.717, 1.165) is 49.9 Å². The fourth-order valence-electron chi connectivity index (χ4n) is 5.78. The average Bonchev–Trinajstić information content (AvgIpc) is 3.16. The second kappa shape index (κ2) is 11.5. The van der Waals surface area contributed by atoms with Crippen LogP contribution in [-0.2, 0) is 19.1 Å². The Kier molecular flexibility index (Phi) is 8.71. The van der Waals surface area contributed by atoms with Crippen molar-refractivity contribution in [1.82, 2.24) is 15.1 Å². The van der Waals surface area contributed by atoms with Crippen molar-refractivity contribution in [3.63, 3.8) is 0 Å². The molecule has 1 atom stereocenters. The van der Waals surface area contributed by atoms with Crippen LogP contribution in [0.1, 0.15) is 60.3 Å². The van der Waals surface area contributed by atoms with Gasteiger partial charge in [0.05, 0.1) is 5.41 Å². The van der Waals surface area contributed by atoms with Crippen molar-refractivity contribution < 1.29 is 23.9 Å². The number of amides is 2. The highest BCUT2D eigenvalue weighted by Gasteiger charge is 2.51. The number of hydrogen-bond donors (Lipinski definition) is 1. The van der Waals surface area contributed by atoms with Crippen LogP contribution >= 0.6 is 11.6 Å². The average molecular weight is 563 g/mol. The molecule has 0 radical (unpaired) electrons. The SMILES string of the molecule is CC(C)(C)OC(=O)NC(C)(C)C(=O)N1CCC2(CC1)C[C@H](CCN1CCN(c3cccc(Cl)c3)CC1)OC2=O. The first-order valence-electron chi connectivity index (χ1n) is 14.0. The molecule has 216 valence electrons. The zero-order valence-corrected chi connectivity index (χ0v) is 24.7. The third kappa shape index (κ3) is 7.37. The smallest absolute Gasteiger partial charge is 0.408 e. The van der Waals surface area contributed by atoms with Crippen molar-refractivity contribution >= 4 is 35.3 Å². The molecule has 0 bridgehead atoms. The minimum atomic E-state index is -1.11. The van der Waals surface area contributed by atoms with Crippen LogP contribution in [0.5, 0.6) is 0 Å². The van der Waals surface area contributed by atoms with E-state index in [1.807, 2.05) is 18.2 Å². The Labute approximate surface area is 237 Å². The summed E-state index contributed by atoms with van der Waals surface area (Å²) >= 11 is 6.15. The Morgan fingerprint density at radius 3 is 2.36 bits per heavy atom. The molecular weight excluding hydrogens is 520 g/mol. The Morgan fingerprint density at radius 2 is 1.74 bits per heavy atom. The van der Waals surface area contributed by atoms with Gasteiger partial charge in [-0.25, -0.2) is 4.79 Å². The highest BCUT2D eigenvalue weighted by molar-refractivity contribution is 6.30. The van der Waals surface area contributed by atoms with E-state index in [9.17, 15) is 14.4 Å². The van der Waals surface area contributed by atoms with E-state index in [1.165, 1.54) is 0 Å². The number of esters is 1. The van der Waals surface area contributed by atoms with Gasteiger partial charge in [0.2, 0.25) is 5.91 Å². The Balaban J connectivity index is 1.22. The zero-order chi connectivity index (χ0) is 28.4. The molecule has 1 aromatic rings. The molecule has 1 spiro atoms. The lowest BCUT2D eigenvalue weighted by Crippen LogP contribution is -2.58. The number of nitrogens with one attached hydrogen (secondary N) is 1. The number of likely N-dealkylation sites (tertiary alicyclic amines) is 1. The van der Waals surface area contributed by atoms with Gasteiger partial charge in [-0.15, -0.1) is 0 Å². The van der Waals surface area contributed by atoms with Gasteiger partial charge in [0.15, 0.2) is 0 Å². The molecule has 3 aliphatic heterocycles. The van der Waals surface area contributed by atoms with Gasteiger partial charge < -0.3 is 24.6 Å². The molecule has 0 unspecified atom stereocenters. The number of benzene rings is 1. The van der Waals surface area contributed by atoms with E-state index >= 15 is 0 Å². The van der Waals surface area contributed by atoms with Crippen LogP contribution in [0, 0.1) is 5.41 Å². The van der Waals surface area contributed by atoms with Gasteiger partial charge in [-0.1, -0.05) is 17.7 Å². The van der Waals surface area contributed by atoms with E-state index in [2.05, 4.69) is 21.2 Å². The van der Waals surface area contributed by atoms with Gasteiger partial charge in [0, 0.05) is 62.9 Å². The topological polar surface area (TPSA) is 91.4 Å². The molecule has 9 nitrogen and oxygen atoms in total. The Morgan fingerprint density at radius 1 is 1.08 bits per heavy atom. The quantitative estimate of drug-likeness (QED) is 0.522. The molecule has 3 fully saturated rings. The van der Waals surface area contributed by atoms with E-state index in [-0.39, 0.29) is 18.0 Å². The lowest BCUT2D eigenvalue weighted by atomic mass is 9.75. The Hall–Kier alpha value is -2.52.